The Hall–Kier alpha value is -1.35. The fourth-order valence-corrected chi connectivity index (χ4v) is 3.02. The lowest BCUT2D eigenvalue weighted by Crippen LogP contribution is -2.51. The number of rotatable bonds is 3. The Labute approximate surface area is 109 Å². The Bertz CT molecular complexity index is 404. The number of hydrogen-bond donors (Lipinski definition) is 1. The molecule has 1 aliphatic rings. The van der Waals surface area contributed by atoms with E-state index in [-0.39, 0.29) is 11.3 Å². The molecule has 1 aromatic rings. The van der Waals surface area contributed by atoms with Gasteiger partial charge in [-0.1, -0.05) is 30.3 Å². The maximum Gasteiger partial charge on any atom is 0.227 e. The van der Waals surface area contributed by atoms with Crippen LogP contribution < -0.4 is 5.32 Å². The van der Waals surface area contributed by atoms with Gasteiger partial charge < -0.3 is 10.2 Å². The molecule has 1 aromatic carbocycles. The number of likely N-dealkylation sites (tertiary alicyclic amines) is 1. The van der Waals surface area contributed by atoms with Crippen LogP contribution in [-0.2, 0) is 11.2 Å². The molecule has 0 bridgehead atoms. The normalized spacial score (nSPS) is 24.8. The lowest BCUT2D eigenvalue weighted by molar-refractivity contribution is -0.133. The highest BCUT2D eigenvalue weighted by atomic mass is 16.2. The van der Waals surface area contributed by atoms with E-state index in [0.29, 0.717) is 0 Å². The van der Waals surface area contributed by atoms with Crippen LogP contribution in [0, 0.1) is 5.41 Å². The van der Waals surface area contributed by atoms with Crippen molar-refractivity contribution in [3.63, 3.8) is 0 Å². The zero-order chi connectivity index (χ0) is 13.0. The fourth-order valence-electron chi connectivity index (χ4n) is 3.02. The largest absolute Gasteiger partial charge is 0.359 e. The van der Waals surface area contributed by atoms with Crippen LogP contribution in [0.3, 0.4) is 0 Å². The minimum atomic E-state index is -0.261. The molecule has 1 unspecified atom stereocenters. The number of piperidine rings is 1. The van der Waals surface area contributed by atoms with Crippen LogP contribution in [-0.4, -0.2) is 38.0 Å². The van der Waals surface area contributed by atoms with E-state index in [1.807, 2.05) is 18.2 Å². The maximum absolute atomic E-state index is 12.3. The average Bonchev–Trinajstić information content (AvgIpc) is 2.39. The van der Waals surface area contributed by atoms with Crippen LogP contribution >= 0.6 is 0 Å². The second-order valence-corrected chi connectivity index (χ2v) is 5.36. The second-order valence-electron chi connectivity index (χ2n) is 5.36. The predicted molar refractivity (Wildman–Crippen MR) is 73.4 cm³/mol. The molecule has 1 saturated heterocycles. The second kappa shape index (κ2) is 5.53. The standard InChI is InChI=1S/C15H22N2O/c1-16-14(18)15(9-6-10-17(2)12-15)11-13-7-4-3-5-8-13/h3-5,7-8H,6,9-12H2,1-2H3,(H,16,18). The smallest absolute Gasteiger partial charge is 0.227 e. The molecule has 0 saturated carbocycles. The third-order valence-corrected chi connectivity index (χ3v) is 3.86. The number of amides is 1. The summed E-state index contributed by atoms with van der Waals surface area (Å²) in [6.45, 7) is 1.94. The van der Waals surface area contributed by atoms with Gasteiger partial charge in [0.2, 0.25) is 5.91 Å². The zero-order valence-electron chi connectivity index (χ0n) is 11.3. The van der Waals surface area contributed by atoms with Crippen molar-refractivity contribution in [2.45, 2.75) is 19.3 Å². The van der Waals surface area contributed by atoms with E-state index in [0.717, 1.165) is 32.4 Å². The number of nitrogens with one attached hydrogen (secondary N) is 1. The quantitative estimate of drug-likeness (QED) is 0.880. The van der Waals surface area contributed by atoms with Gasteiger partial charge in [-0.05, 0) is 38.4 Å². The summed E-state index contributed by atoms with van der Waals surface area (Å²) in [7, 11) is 3.84. The average molecular weight is 246 g/mol. The van der Waals surface area contributed by atoms with Gasteiger partial charge in [0.25, 0.3) is 0 Å². The fraction of sp³-hybridized carbons (Fsp3) is 0.533. The summed E-state index contributed by atoms with van der Waals surface area (Å²) in [5, 5.41) is 2.85. The van der Waals surface area contributed by atoms with E-state index < -0.39 is 0 Å². The van der Waals surface area contributed by atoms with Gasteiger partial charge in [0, 0.05) is 13.6 Å². The number of carbonyl (C=O) groups excluding carboxylic acids is 1. The number of carbonyl (C=O) groups is 1. The van der Waals surface area contributed by atoms with Crippen molar-refractivity contribution in [2.24, 2.45) is 5.41 Å². The lowest BCUT2D eigenvalue weighted by Gasteiger charge is -2.40. The van der Waals surface area contributed by atoms with E-state index in [9.17, 15) is 4.79 Å². The van der Waals surface area contributed by atoms with Crippen molar-refractivity contribution in [1.82, 2.24) is 10.2 Å². The van der Waals surface area contributed by atoms with Crippen LogP contribution in [0.25, 0.3) is 0 Å². The van der Waals surface area contributed by atoms with Crippen molar-refractivity contribution in [3.05, 3.63) is 35.9 Å². The number of nitrogens with zero attached hydrogens (tertiary/aromatic N) is 1. The minimum absolute atomic E-state index is 0.179. The first kappa shape index (κ1) is 13.1. The molecule has 1 fully saturated rings. The molecule has 0 radical (unpaired) electrons. The third-order valence-electron chi connectivity index (χ3n) is 3.86. The summed E-state index contributed by atoms with van der Waals surface area (Å²) in [4.78, 5) is 14.6. The van der Waals surface area contributed by atoms with Gasteiger partial charge in [-0.2, -0.15) is 0 Å². The Morgan fingerprint density at radius 3 is 2.72 bits per heavy atom. The van der Waals surface area contributed by atoms with E-state index in [1.165, 1.54) is 5.56 Å². The molecular weight excluding hydrogens is 224 g/mol. The highest BCUT2D eigenvalue weighted by molar-refractivity contribution is 5.83. The molecule has 1 atom stereocenters. The predicted octanol–water partition coefficient (Wildman–Crippen LogP) is 1.69. The highest BCUT2D eigenvalue weighted by Crippen LogP contribution is 2.33. The van der Waals surface area contributed by atoms with Gasteiger partial charge in [-0.3, -0.25) is 4.79 Å². The molecule has 0 aliphatic carbocycles. The minimum Gasteiger partial charge on any atom is -0.359 e. The van der Waals surface area contributed by atoms with Crippen LogP contribution in [0.2, 0.25) is 0 Å². The number of benzene rings is 1. The van der Waals surface area contributed by atoms with Crippen LogP contribution in [0.4, 0.5) is 0 Å². The molecule has 2 rings (SSSR count). The summed E-state index contributed by atoms with van der Waals surface area (Å²) in [6, 6.07) is 10.3. The van der Waals surface area contributed by atoms with E-state index >= 15 is 0 Å². The highest BCUT2D eigenvalue weighted by Gasteiger charge is 2.40. The lowest BCUT2D eigenvalue weighted by atomic mass is 9.74. The van der Waals surface area contributed by atoms with Gasteiger partial charge in [0.05, 0.1) is 5.41 Å². The molecule has 1 heterocycles. The summed E-state index contributed by atoms with van der Waals surface area (Å²) in [6.07, 6.45) is 2.90. The van der Waals surface area contributed by atoms with E-state index in [2.05, 4.69) is 29.4 Å². The van der Waals surface area contributed by atoms with Crippen LogP contribution in [0.15, 0.2) is 30.3 Å². The zero-order valence-corrected chi connectivity index (χ0v) is 11.3. The molecule has 1 amide bonds. The molecule has 3 nitrogen and oxygen atoms in total. The number of hydrogen-bond acceptors (Lipinski definition) is 2. The van der Waals surface area contributed by atoms with Crippen molar-refractivity contribution in [1.29, 1.82) is 0 Å². The Morgan fingerprint density at radius 1 is 1.39 bits per heavy atom. The molecule has 1 N–H and O–H groups in total. The van der Waals surface area contributed by atoms with Gasteiger partial charge in [0.15, 0.2) is 0 Å². The summed E-state index contributed by atoms with van der Waals surface area (Å²) in [5.41, 5.74) is 0.986. The first-order valence-electron chi connectivity index (χ1n) is 6.61. The molecule has 0 aromatic heterocycles. The van der Waals surface area contributed by atoms with Crippen molar-refractivity contribution >= 4 is 5.91 Å². The first-order chi connectivity index (χ1) is 8.66. The Kier molecular flexibility index (Phi) is 4.02. The van der Waals surface area contributed by atoms with Crippen molar-refractivity contribution in [3.8, 4) is 0 Å². The first-order valence-corrected chi connectivity index (χ1v) is 6.61. The molecule has 3 heteroatoms. The summed E-state index contributed by atoms with van der Waals surface area (Å²) < 4.78 is 0. The molecule has 98 valence electrons. The van der Waals surface area contributed by atoms with Crippen LogP contribution in [0.1, 0.15) is 18.4 Å². The van der Waals surface area contributed by atoms with Gasteiger partial charge in [-0.15, -0.1) is 0 Å². The van der Waals surface area contributed by atoms with Gasteiger partial charge in [0.1, 0.15) is 0 Å². The van der Waals surface area contributed by atoms with Crippen LogP contribution in [0.5, 0.6) is 0 Å². The third kappa shape index (κ3) is 2.72. The van der Waals surface area contributed by atoms with Gasteiger partial charge in [-0.25, -0.2) is 0 Å². The van der Waals surface area contributed by atoms with E-state index in [1.54, 1.807) is 7.05 Å². The van der Waals surface area contributed by atoms with Gasteiger partial charge >= 0.3 is 0 Å². The molecule has 0 spiro atoms. The van der Waals surface area contributed by atoms with E-state index in [4.69, 9.17) is 0 Å². The van der Waals surface area contributed by atoms with Crippen molar-refractivity contribution in [2.75, 3.05) is 27.2 Å². The Morgan fingerprint density at radius 2 is 2.11 bits per heavy atom. The Balaban J connectivity index is 2.22. The topological polar surface area (TPSA) is 32.3 Å². The SMILES string of the molecule is CNC(=O)C1(Cc2ccccc2)CCCN(C)C1. The summed E-state index contributed by atoms with van der Waals surface area (Å²) in [5.74, 6) is 0.179. The van der Waals surface area contributed by atoms with Crippen molar-refractivity contribution < 1.29 is 4.79 Å². The summed E-state index contributed by atoms with van der Waals surface area (Å²) >= 11 is 0. The molecular formula is C15H22N2O. The maximum atomic E-state index is 12.3. The molecule has 18 heavy (non-hydrogen) atoms. The monoisotopic (exact) mass is 246 g/mol. The molecule has 1 aliphatic heterocycles.